The molecule has 0 aliphatic carbocycles. The first kappa shape index (κ1) is 23.5. The number of alkyl halides is 3. The maximum atomic E-state index is 14.3. The van der Waals surface area contributed by atoms with Crippen LogP contribution in [0.15, 0.2) is 48.8 Å². The van der Waals surface area contributed by atoms with Crippen LogP contribution in [0.1, 0.15) is 48.1 Å². The summed E-state index contributed by atoms with van der Waals surface area (Å²) in [4.78, 5) is 15.1. The number of amides is 1. The van der Waals surface area contributed by atoms with Crippen molar-refractivity contribution in [3.8, 4) is 11.1 Å². The largest absolute Gasteiger partial charge is 0.431 e. The van der Waals surface area contributed by atoms with Crippen molar-refractivity contribution in [2.75, 3.05) is 13.6 Å². The molecule has 5 nitrogen and oxygen atoms in total. The van der Waals surface area contributed by atoms with Crippen molar-refractivity contribution in [2.45, 2.75) is 40.4 Å². The molecule has 0 aliphatic rings. The van der Waals surface area contributed by atoms with Crippen molar-refractivity contribution >= 4 is 5.91 Å². The summed E-state index contributed by atoms with van der Waals surface area (Å²) in [5, 5.41) is 7.56. The molecule has 170 valence electrons. The van der Waals surface area contributed by atoms with Crippen LogP contribution in [0.2, 0.25) is 0 Å². The van der Waals surface area contributed by atoms with E-state index in [2.05, 4.69) is 10.2 Å². The molecule has 3 aromatic rings. The minimum absolute atomic E-state index is 0.00146. The Balaban J connectivity index is 2.31. The third-order valence-electron chi connectivity index (χ3n) is 5.09. The number of aromatic nitrogens is 3. The lowest BCUT2D eigenvalue weighted by Crippen LogP contribution is -2.36. The molecule has 0 atom stereocenters. The Morgan fingerprint density at radius 2 is 1.72 bits per heavy atom. The minimum Gasteiger partial charge on any atom is -0.340 e. The van der Waals surface area contributed by atoms with Crippen LogP contribution in [0.3, 0.4) is 0 Å². The lowest BCUT2D eigenvalue weighted by Gasteiger charge is -2.27. The molecule has 0 radical (unpaired) electrons. The van der Waals surface area contributed by atoms with Gasteiger partial charge in [-0.25, -0.2) is 0 Å². The van der Waals surface area contributed by atoms with Crippen LogP contribution in [-0.2, 0) is 12.7 Å². The molecule has 0 saturated heterocycles. The number of nitrogens with zero attached hydrogens (tertiary/aromatic N) is 4. The fraction of sp³-hybridized carbons (Fsp3) is 0.375. The second-order valence-corrected chi connectivity index (χ2v) is 9.12. The van der Waals surface area contributed by atoms with E-state index in [1.54, 1.807) is 43.4 Å². The third kappa shape index (κ3) is 5.00. The average Bonchev–Trinajstić information content (AvgIpc) is 2.99. The molecular formula is C24H27F3N4O. The van der Waals surface area contributed by atoms with Gasteiger partial charge in [0, 0.05) is 31.3 Å². The van der Waals surface area contributed by atoms with E-state index in [0.29, 0.717) is 17.7 Å². The number of hydrogen-bond acceptors (Lipinski definition) is 3. The smallest absolute Gasteiger partial charge is 0.340 e. The Labute approximate surface area is 185 Å². The summed E-state index contributed by atoms with van der Waals surface area (Å²) >= 11 is 0. The lowest BCUT2D eigenvalue weighted by molar-refractivity contribution is -0.143. The molecule has 0 aliphatic heterocycles. The van der Waals surface area contributed by atoms with E-state index in [0.717, 1.165) is 4.57 Å². The topological polar surface area (TPSA) is 51.0 Å². The van der Waals surface area contributed by atoms with E-state index in [9.17, 15) is 18.0 Å². The van der Waals surface area contributed by atoms with Crippen LogP contribution >= 0.6 is 0 Å². The third-order valence-corrected chi connectivity index (χ3v) is 5.09. The van der Waals surface area contributed by atoms with Gasteiger partial charge in [-0.05, 0) is 29.5 Å². The number of benzene rings is 1. The van der Waals surface area contributed by atoms with Crippen LogP contribution in [-0.4, -0.2) is 39.2 Å². The number of carbonyl (C=O) groups is 1. The molecule has 1 amide bonds. The fourth-order valence-corrected chi connectivity index (χ4v) is 4.01. The Morgan fingerprint density at radius 3 is 2.25 bits per heavy atom. The van der Waals surface area contributed by atoms with E-state index >= 15 is 0 Å². The number of rotatable bonds is 5. The van der Waals surface area contributed by atoms with Crippen molar-refractivity contribution in [3.05, 3.63) is 71.3 Å². The van der Waals surface area contributed by atoms with Gasteiger partial charge in [0.05, 0.1) is 12.4 Å². The van der Waals surface area contributed by atoms with E-state index in [-0.39, 0.29) is 28.8 Å². The quantitative estimate of drug-likeness (QED) is 0.527. The molecule has 0 bridgehead atoms. The van der Waals surface area contributed by atoms with Gasteiger partial charge in [-0.15, -0.1) is 0 Å². The average molecular weight is 445 g/mol. The van der Waals surface area contributed by atoms with Gasteiger partial charge in [0.15, 0.2) is 0 Å². The van der Waals surface area contributed by atoms with Crippen molar-refractivity contribution in [2.24, 2.45) is 5.41 Å². The second-order valence-electron chi connectivity index (χ2n) is 9.12. The maximum Gasteiger partial charge on any atom is 0.431 e. The van der Waals surface area contributed by atoms with Gasteiger partial charge >= 0.3 is 6.18 Å². The van der Waals surface area contributed by atoms with Crippen molar-refractivity contribution < 1.29 is 18.0 Å². The summed E-state index contributed by atoms with van der Waals surface area (Å²) in [5.74, 6) is -0.471. The predicted molar refractivity (Wildman–Crippen MR) is 117 cm³/mol. The summed E-state index contributed by atoms with van der Waals surface area (Å²) in [6.45, 7) is 7.62. The summed E-state index contributed by atoms with van der Waals surface area (Å²) in [6, 6.07) is 10.4. The van der Waals surface area contributed by atoms with Crippen LogP contribution in [0.4, 0.5) is 13.2 Å². The monoisotopic (exact) mass is 444 g/mol. The Bertz CT molecular complexity index is 1080. The highest BCUT2D eigenvalue weighted by atomic mass is 19.4. The molecule has 8 heteroatoms. The van der Waals surface area contributed by atoms with Gasteiger partial charge < -0.3 is 9.47 Å². The highest BCUT2D eigenvalue weighted by Gasteiger charge is 2.41. The second kappa shape index (κ2) is 8.76. The summed E-state index contributed by atoms with van der Waals surface area (Å²) in [5.41, 5.74) is 0.255. The summed E-state index contributed by atoms with van der Waals surface area (Å²) in [6.07, 6.45) is -1.85. The van der Waals surface area contributed by atoms with Crippen LogP contribution < -0.4 is 0 Å². The first-order valence-corrected chi connectivity index (χ1v) is 10.3. The Morgan fingerprint density at radius 1 is 1.06 bits per heavy atom. The van der Waals surface area contributed by atoms with E-state index in [1.165, 1.54) is 24.2 Å². The zero-order valence-electron chi connectivity index (χ0n) is 18.9. The van der Waals surface area contributed by atoms with Gasteiger partial charge in [0.1, 0.15) is 11.4 Å². The molecule has 0 N–H and O–H groups in total. The van der Waals surface area contributed by atoms with Gasteiger partial charge in [-0.1, -0.05) is 51.1 Å². The summed E-state index contributed by atoms with van der Waals surface area (Å²) in [7, 11) is 1.62. The Hall–Kier alpha value is -3.16. The molecule has 32 heavy (non-hydrogen) atoms. The molecule has 0 saturated carbocycles. The van der Waals surface area contributed by atoms with Crippen LogP contribution in [0.25, 0.3) is 11.1 Å². The van der Waals surface area contributed by atoms with Crippen molar-refractivity contribution in [1.29, 1.82) is 0 Å². The molecule has 0 spiro atoms. The van der Waals surface area contributed by atoms with Crippen molar-refractivity contribution in [3.63, 3.8) is 0 Å². The van der Waals surface area contributed by atoms with Crippen molar-refractivity contribution in [1.82, 2.24) is 19.7 Å². The van der Waals surface area contributed by atoms with Crippen LogP contribution in [0, 0.1) is 12.3 Å². The number of halogens is 3. The van der Waals surface area contributed by atoms with E-state index < -0.39 is 17.8 Å². The normalized spacial score (nSPS) is 12.1. The molecular weight excluding hydrogens is 417 g/mol. The fourth-order valence-electron chi connectivity index (χ4n) is 4.01. The van der Waals surface area contributed by atoms with Gasteiger partial charge in [0.2, 0.25) is 0 Å². The van der Waals surface area contributed by atoms with Crippen LogP contribution in [0.5, 0.6) is 0 Å². The standard InChI is InChI=1S/C24H27F3N4O/c1-16-19(18-11-12-28-29-13-18)20(22(32)30(5)15-23(2,3)4)31(21(16)24(25,26)27)14-17-9-7-6-8-10-17/h6-13H,14-15H2,1-5H3. The Kier molecular flexibility index (Phi) is 6.44. The molecule has 2 aromatic heterocycles. The lowest BCUT2D eigenvalue weighted by atomic mass is 9.96. The molecule has 3 rings (SSSR count). The zero-order chi connectivity index (χ0) is 23.7. The number of hydrogen-bond donors (Lipinski definition) is 0. The molecule has 2 heterocycles. The van der Waals surface area contributed by atoms with Gasteiger partial charge in [0.25, 0.3) is 5.91 Å². The predicted octanol–water partition coefficient (Wildman–Crippen LogP) is 5.44. The first-order chi connectivity index (χ1) is 14.9. The molecule has 0 unspecified atom stereocenters. The van der Waals surface area contributed by atoms with Gasteiger partial charge in [-0.3, -0.25) is 4.79 Å². The van der Waals surface area contributed by atoms with E-state index in [1.807, 2.05) is 20.8 Å². The highest BCUT2D eigenvalue weighted by molar-refractivity contribution is 6.01. The highest BCUT2D eigenvalue weighted by Crippen LogP contribution is 2.41. The molecule has 1 aromatic carbocycles. The first-order valence-electron chi connectivity index (χ1n) is 10.3. The number of carbonyl (C=O) groups excluding carboxylic acids is 1. The summed E-state index contributed by atoms with van der Waals surface area (Å²) < 4.78 is 43.9. The minimum atomic E-state index is -4.64. The van der Waals surface area contributed by atoms with Gasteiger partial charge in [-0.2, -0.15) is 23.4 Å². The zero-order valence-corrected chi connectivity index (χ0v) is 18.9. The van der Waals surface area contributed by atoms with E-state index in [4.69, 9.17) is 0 Å². The molecule has 0 fully saturated rings. The maximum absolute atomic E-state index is 14.3. The SMILES string of the molecule is Cc1c(-c2ccnnc2)c(C(=O)N(C)CC(C)(C)C)n(Cc2ccccc2)c1C(F)(F)F.